The Morgan fingerprint density at radius 3 is 2.39 bits per heavy atom. The third-order valence-corrected chi connectivity index (χ3v) is 11.6. The van der Waals surface area contributed by atoms with Gasteiger partial charge in [-0.15, -0.1) is 0 Å². The van der Waals surface area contributed by atoms with Crippen LogP contribution in [0.4, 0.5) is 0 Å². The molecule has 9 atom stereocenters. The van der Waals surface area contributed by atoms with Crippen LogP contribution < -0.4 is 0 Å². The van der Waals surface area contributed by atoms with Crippen molar-refractivity contribution in [2.45, 2.75) is 125 Å². The number of carbonyl (C=O) groups is 1. The minimum absolute atomic E-state index is 0.103. The van der Waals surface area contributed by atoms with Crippen LogP contribution in [0.1, 0.15) is 119 Å². The summed E-state index contributed by atoms with van der Waals surface area (Å²) in [5.41, 5.74) is 2.79. The standard InChI is InChI=1S/C31H52O2/c1-8-23(20(2)3)10-9-21(4)27-13-14-28-26-12-11-24-19-25(33-22(5)32)15-17-30(24,6)29(26)16-18-31(27,28)7/h12,20-21,23-25,27-29H,8-11,13-19H2,1-7H3/t21?,23?,24?,25-,27+,28?,29?,30-,31+/m0/s1. The predicted molar refractivity (Wildman–Crippen MR) is 138 cm³/mol. The first-order chi connectivity index (χ1) is 15.6. The molecule has 0 N–H and O–H groups in total. The van der Waals surface area contributed by atoms with Gasteiger partial charge < -0.3 is 4.74 Å². The summed E-state index contributed by atoms with van der Waals surface area (Å²) >= 11 is 0. The van der Waals surface area contributed by atoms with E-state index in [0.29, 0.717) is 16.7 Å². The molecule has 4 rings (SSSR count). The zero-order valence-corrected chi connectivity index (χ0v) is 22.8. The SMILES string of the molecule is CCC(CCC(C)[C@H]1CCC2C3=CCC4C[C@@H](OC(C)=O)CC[C@]4(C)C3CC[C@@]21C)C(C)C. The van der Waals surface area contributed by atoms with Crippen molar-refractivity contribution >= 4 is 5.97 Å². The third-order valence-electron chi connectivity index (χ3n) is 11.6. The van der Waals surface area contributed by atoms with Gasteiger partial charge in [-0.05, 0) is 110 Å². The Balaban J connectivity index is 1.46. The highest BCUT2D eigenvalue weighted by atomic mass is 16.5. The van der Waals surface area contributed by atoms with Crippen molar-refractivity contribution in [1.82, 2.24) is 0 Å². The molecule has 188 valence electrons. The molecule has 0 aromatic heterocycles. The van der Waals surface area contributed by atoms with E-state index >= 15 is 0 Å². The van der Waals surface area contributed by atoms with Crippen LogP contribution in [0.3, 0.4) is 0 Å². The molecule has 0 spiro atoms. The fourth-order valence-corrected chi connectivity index (χ4v) is 9.48. The van der Waals surface area contributed by atoms with Crippen LogP contribution in [0.2, 0.25) is 0 Å². The molecular weight excluding hydrogens is 404 g/mol. The fourth-order valence-electron chi connectivity index (χ4n) is 9.48. The summed E-state index contributed by atoms with van der Waals surface area (Å²) in [6, 6.07) is 0. The number of hydrogen-bond acceptors (Lipinski definition) is 2. The highest BCUT2D eigenvalue weighted by Crippen LogP contribution is 2.67. The summed E-state index contributed by atoms with van der Waals surface area (Å²) in [4.78, 5) is 11.5. The van der Waals surface area contributed by atoms with Crippen LogP contribution >= 0.6 is 0 Å². The first-order valence-electron chi connectivity index (χ1n) is 14.5. The molecular formula is C31H52O2. The number of carbonyl (C=O) groups excluding carboxylic acids is 1. The number of rotatable bonds is 7. The highest BCUT2D eigenvalue weighted by Gasteiger charge is 2.58. The Bertz CT molecular complexity index is 737. The lowest BCUT2D eigenvalue weighted by molar-refractivity contribution is -0.152. The summed E-state index contributed by atoms with van der Waals surface area (Å²) in [6.45, 7) is 16.6. The topological polar surface area (TPSA) is 26.3 Å². The van der Waals surface area contributed by atoms with E-state index in [1.165, 1.54) is 57.8 Å². The molecule has 2 heteroatoms. The van der Waals surface area contributed by atoms with E-state index in [1.807, 2.05) is 5.57 Å². The maximum absolute atomic E-state index is 11.5. The maximum atomic E-state index is 11.5. The molecule has 0 bridgehead atoms. The van der Waals surface area contributed by atoms with Crippen molar-refractivity contribution in [2.75, 3.05) is 0 Å². The molecule has 5 unspecified atom stereocenters. The molecule has 0 amide bonds. The minimum Gasteiger partial charge on any atom is -0.463 e. The van der Waals surface area contributed by atoms with E-state index in [1.54, 1.807) is 6.92 Å². The second-order valence-electron chi connectivity index (χ2n) is 13.4. The van der Waals surface area contributed by atoms with Gasteiger partial charge in [0.2, 0.25) is 0 Å². The van der Waals surface area contributed by atoms with Crippen LogP contribution in [0.15, 0.2) is 11.6 Å². The number of esters is 1. The first-order valence-corrected chi connectivity index (χ1v) is 14.5. The van der Waals surface area contributed by atoms with Gasteiger partial charge in [0.05, 0.1) is 0 Å². The molecule has 0 aromatic carbocycles. The molecule has 0 saturated heterocycles. The molecule has 0 aromatic rings. The zero-order chi connectivity index (χ0) is 24.0. The molecule has 0 aliphatic heterocycles. The normalized spacial score (nSPS) is 42.1. The van der Waals surface area contributed by atoms with Gasteiger partial charge in [0, 0.05) is 6.92 Å². The average Bonchev–Trinajstić information content (AvgIpc) is 3.11. The van der Waals surface area contributed by atoms with Crippen molar-refractivity contribution in [3.05, 3.63) is 11.6 Å². The lowest BCUT2D eigenvalue weighted by Gasteiger charge is -2.58. The Labute approximate surface area is 204 Å². The van der Waals surface area contributed by atoms with E-state index in [4.69, 9.17) is 4.74 Å². The van der Waals surface area contributed by atoms with E-state index < -0.39 is 0 Å². The molecule has 3 saturated carbocycles. The summed E-state index contributed by atoms with van der Waals surface area (Å²) in [7, 11) is 0. The molecule has 3 fully saturated rings. The lowest BCUT2D eigenvalue weighted by Crippen LogP contribution is -2.50. The second-order valence-corrected chi connectivity index (χ2v) is 13.4. The Morgan fingerprint density at radius 1 is 1.03 bits per heavy atom. The summed E-state index contributed by atoms with van der Waals surface area (Å²) in [5, 5.41) is 0. The second kappa shape index (κ2) is 9.69. The van der Waals surface area contributed by atoms with Crippen molar-refractivity contribution in [3.63, 3.8) is 0 Å². The Hall–Kier alpha value is -0.790. The first kappa shape index (κ1) is 25.3. The number of allylic oxidation sites excluding steroid dienone is 2. The Morgan fingerprint density at radius 2 is 1.73 bits per heavy atom. The number of ether oxygens (including phenoxy) is 1. The minimum atomic E-state index is -0.103. The van der Waals surface area contributed by atoms with Crippen molar-refractivity contribution in [1.29, 1.82) is 0 Å². The molecule has 4 aliphatic carbocycles. The van der Waals surface area contributed by atoms with E-state index in [2.05, 4.69) is 47.6 Å². The fraction of sp³-hybridized carbons (Fsp3) is 0.903. The summed E-state index contributed by atoms with van der Waals surface area (Å²) in [5.74, 6) is 5.65. The molecule has 4 aliphatic rings. The van der Waals surface area contributed by atoms with Crippen LogP contribution in [-0.4, -0.2) is 12.1 Å². The molecule has 0 heterocycles. The van der Waals surface area contributed by atoms with E-state index in [0.717, 1.165) is 48.3 Å². The van der Waals surface area contributed by atoms with Gasteiger partial charge in [-0.1, -0.05) is 66.0 Å². The van der Waals surface area contributed by atoms with Crippen LogP contribution in [-0.2, 0) is 9.53 Å². The summed E-state index contributed by atoms with van der Waals surface area (Å²) < 4.78 is 5.65. The molecule has 33 heavy (non-hydrogen) atoms. The van der Waals surface area contributed by atoms with Gasteiger partial charge in [0.25, 0.3) is 0 Å². The summed E-state index contributed by atoms with van der Waals surface area (Å²) in [6.07, 6.45) is 17.3. The van der Waals surface area contributed by atoms with Crippen LogP contribution in [0.5, 0.6) is 0 Å². The van der Waals surface area contributed by atoms with Gasteiger partial charge in [-0.3, -0.25) is 4.79 Å². The number of hydrogen-bond donors (Lipinski definition) is 0. The highest BCUT2D eigenvalue weighted by molar-refractivity contribution is 5.66. The monoisotopic (exact) mass is 456 g/mol. The van der Waals surface area contributed by atoms with E-state index in [9.17, 15) is 4.79 Å². The smallest absolute Gasteiger partial charge is 0.302 e. The van der Waals surface area contributed by atoms with Gasteiger partial charge in [0.1, 0.15) is 6.10 Å². The number of fused-ring (bicyclic) bond motifs is 5. The van der Waals surface area contributed by atoms with Crippen molar-refractivity contribution in [3.8, 4) is 0 Å². The lowest BCUT2D eigenvalue weighted by atomic mass is 9.47. The quantitative estimate of drug-likeness (QED) is 0.283. The van der Waals surface area contributed by atoms with Crippen LogP contribution in [0.25, 0.3) is 0 Å². The predicted octanol–water partition coefficient (Wildman–Crippen LogP) is 8.60. The van der Waals surface area contributed by atoms with E-state index in [-0.39, 0.29) is 12.1 Å². The van der Waals surface area contributed by atoms with Gasteiger partial charge in [-0.2, -0.15) is 0 Å². The van der Waals surface area contributed by atoms with Gasteiger partial charge >= 0.3 is 5.97 Å². The zero-order valence-electron chi connectivity index (χ0n) is 22.8. The van der Waals surface area contributed by atoms with Gasteiger partial charge in [0.15, 0.2) is 0 Å². The average molecular weight is 457 g/mol. The maximum Gasteiger partial charge on any atom is 0.302 e. The molecule has 0 radical (unpaired) electrons. The van der Waals surface area contributed by atoms with Gasteiger partial charge in [-0.25, -0.2) is 0 Å². The van der Waals surface area contributed by atoms with Crippen molar-refractivity contribution in [2.24, 2.45) is 52.3 Å². The largest absolute Gasteiger partial charge is 0.463 e. The third kappa shape index (κ3) is 4.58. The van der Waals surface area contributed by atoms with Crippen LogP contribution in [0, 0.1) is 52.3 Å². The molecule has 2 nitrogen and oxygen atoms in total. The van der Waals surface area contributed by atoms with Crippen molar-refractivity contribution < 1.29 is 9.53 Å². The Kier molecular flexibility index (Phi) is 7.43.